The van der Waals surface area contributed by atoms with Crippen molar-refractivity contribution in [1.29, 1.82) is 0 Å². The number of phenols is 1. The Hall–Kier alpha value is -5.90. The fraction of sp³-hybridized carbons (Fsp3) is 0.0909. The molecular formula is C33H27N5O5. The van der Waals surface area contributed by atoms with E-state index in [4.69, 9.17) is 0 Å². The summed E-state index contributed by atoms with van der Waals surface area (Å²) >= 11 is 0. The molecule has 2 amide bonds. The number of nitrogens with zero attached hydrogens (tertiary/aromatic N) is 3. The van der Waals surface area contributed by atoms with Gasteiger partial charge in [-0.05, 0) is 74.2 Å². The predicted molar refractivity (Wildman–Crippen MR) is 166 cm³/mol. The number of benzene rings is 5. The van der Waals surface area contributed by atoms with Crippen LogP contribution in [-0.2, 0) is 0 Å². The second kappa shape index (κ2) is 11.9. The quantitative estimate of drug-likeness (QED) is 0.102. The summed E-state index contributed by atoms with van der Waals surface area (Å²) in [5.41, 5.74) is 4.12. The Labute approximate surface area is 246 Å². The maximum Gasteiger partial charge on any atom is 0.271 e. The summed E-state index contributed by atoms with van der Waals surface area (Å²) in [4.78, 5) is 37.2. The van der Waals surface area contributed by atoms with Gasteiger partial charge in [-0.15, -0.1) is 10.2 Å². The van der Waals surface area contributed by atoms with Crippen molar-refractivity contribution in [3.05, 3.63) is 129 Å². The lowest BCUT2D eigenvalue weighted by Crippen LogP contribution is -2.13. The number of aromatic hydroxyl groups is 1. The number of nitro groups is 1. The highest BCUT2D eigenvalue weighted by Gasteiger charge is 2.20. The minimum atomic E-state index is -0.597. The Bertz CT molecular complexity index is 1920. The number of hydrogen-bond donors (Lipinski definition) is 3. The Morgan fingerprint density at radius 2 is 1.35 bits per heavy atom. The number of amides is 2. The van der Waals surface area contributed by atoms with Gasteiger partial charge in [0.05, 0.1) is 16.2 Å². The van der Waals surface area contributed by atoms with Crippen molar-refractivity contribution in [3.63, 3.8) is 0 Å². The zero-order valence-corrected chi connectivity index (χ0v) is 23.6. The molecule has 0 aliphatic rings. The van der Waals surface area contributed by atoms with Crippen LogP contribution in [0.2, 0.25) is 0 Å². The number of anilines is 2. The van der Waals surface area contributed by atoms with Gasteiger partial charge in [0, 0.05) is 34.5 Å². The van der Waals surface area contributed by atoms with E-state index in [-0.39, 0.29) is 28.5 Å². The summed E-state index contributed by atoms with van der Waals surface area (Å²) in [6.45, 7) is 5.60. The largest absolute Gasteiger partial charge is 0.505 e. The molecule has 0 heterocycles. The van der Waals surface area contributed by atoms with Crippen LogP contribution in [0.3, 0.4) is 0 Å². The first-order valence-electron chi connectivity index (χ1n) is 13.3. The van der Waals surface area contributed by atoms with E-state index < -0.39 is 16.6 Å². The summed E-state index contributed by atoms with van der Waals surface area (Å²) in [5, 5.41) is 37.5. The molecule has 5 aromatic rings. The van der Waals surface area contributed by atoms with Gasteiger partial charge in [-0.25, -0.2) is 0 Å². The van der Waals surface area contributed by atoms with Crippen molar-refractivity contribution in [2.24, 2.45) is 10.2 Å². The van der Waals surface area contributed by atoms with E-state index in [1.165, 1.54) is 18.2 Å². The van der Waals surface area contributed by atoms with Crippen LogP contribution in [0.4, 0.5) is 28.4 Å². The van der Waals surface area contributed by atoms with E-state index in [0.717, 1.165) is 11.1 Å². The van der Waals surface area contributed by atoms with Crippen LogP contribution in [0, 0.1) is 30.9 Å². The normalized spacial score (nSPS) is 11.0. The van der Waals surface area contributed by atoms with Crippen LogP contribution in [0.15, 0.2) is 101 Å². The highest BCUT2D eigenvalue weighted by molar-refractivity contribution is 6.13. The average molecular weight is 574 g/mol. The van der Waals surface area contributed by atoms with Gasteiger partial charge in [0.25, 0.3) is 17.5 Å². The number of fused-ring (bicyclic) bond motifs is 1. The number of aryl methyl sites for hydroxylation is 3. The zero-order chi connectivity index (χ0) is 30.7. The van der Waals surface area contributed by atoms with Gasteiger partial charge in [0.2, 0.25) is 0 Å². The molecule has 5 rings (SSSR count). The smallest absolute Gasteiger partial charge is 0.271 e. The SMILES string of the molecule is Cc1ccc(NC(=O)c2ccc3c(N=Nc4cc([N+](=O)[O-])ccc4C)c(O)c(C(=O)Nc4ccc(C)cc4)cc3c2)cc1. The zero-order valence-electron chi connectivity index (χ0n) is 23.6. The van der Waals surface area contributed by atoms with Gasteiger partial charge in [-0.2, -0.15) is 0 Å². The summed E-state index contributed by atoms with van der Waals surface area (Å²) < 4.78 is 0. The van der Waals surface area contributed by atoms with Gasteiger partial charge in [0.1, 0.15) is 5.69 Å². The fourth-order valence-electron chi connectivity index (χ4n) is 4.39. The third-order valence-electron chi connectivity index (χ3n) is 6.87. The van der Waals surface area contributed by atoms with Crippen LogP contribution >= 0.6 is 0 Å². The minimum absolute atomic E-state index is 0.0250. The Balaban J connectivity index is 1.59. The van der Waals surface area contributed by atoms with Crippen molar-refractivity contribution in [1.82, 2.24) is 0 Å². The summed E-state index contributed by atoms with van der Waals surface area (Å²) in [6, 6.07) is 25.0. The molecule has 0 aromatic heterocycles. The standard InChI is InChI=1S/C33H27N5O5/c1-19-4-10-24(11-5-19)34-32(40)22-9-15-27-23(16-22)17-28(33(41)35-25-12-6-20(2)7-13-25)31(39)30(27)37-36-29-18-26(38(42)43)14-8-21(29)3/h4-18,39H,1-3H3,(H,34,40)(H,35,41). The molecule has 0 saturated heterocycles. The molecule has 10 nitrogen and oxygen atoms in total. The number of azo groups is 1. The molecule has 0 aliphatic heterocycles. The second-order valence-corrected chi connectivity index (χ2v) is 10.1. The molecule has 43 heavy (non-hydrogen) atoms. The van der Waals surface area contributed by atoms with E-state index in [1.807, 2.05) is 38.1 Å². The summed E-state index contributed by atoms with van der Waals surface area (Å²) in [6.07, 6.45) is 0. The molecule has 0 atom stereocenters. The maximum absolute atomic E-state index is 13.4. The third-order valence-corrected chi connectivity index (χ3v) is 6.87. The number of non-ortho nitro benzene ring substituents is 1. The number of hydrogen-bond acceptors (Lipinski definition) is 7. The van der Waals surface area contributed by atoms with Gasteiger partial charge < -0.3 is 15.7 Å². The molecule has 10 heteroatoms. The molecule has 0 saturated carbocycles. The molecule has 0 radical (unpaired) electrons. The molecular weight excluding hydrogens is 546 g/mol. The molecule has 5 aromatic carbocycles. The van der Waals surface area contributed by atoms with Crippen molar-refractivity contribution < 1.29 is 19.6 Å². The van der Waals surface area contributed by atoms with Crippen LogP contribution in [0.25, 0.3) is 10.8 Å². The van der Waals surface area contributed by atoms with Crippen LogP contribution in [0.1, 0.15) is 37.4 Å². The summed E-state index contributed by atoms with van der Waals surface area (Å²) in [5.74, 6) is -1.39. The van der Waals surface area contributed by atoms with Gasteiger partial charge in [-0.1, -0.05) is 47.5 Å². The number of phenolic OH excluding ortho intramolecular Hbond substituents is 1. The topological polar surface area (TPSA) is 146 Å². The third kappa shape index (κ3) is 6.38. The van der Waals surface area contributed by atoms with E-state index in [2.05, 4.69) is 20.9 Å². The number of carbonyl (C=O) groups is 2. The van der Waals surface area contributed by atoms with Crippen molar-refractivity contribution in [2.75, 3.05) is 10.6 Å². The molecule has 0 fully saturated rings. The Morgan fingerprint density at radius 3 is 1.95 bits per heavy atom. The van der Waals surface area contributed by atoms with Crippen LogP contribution < -0.4 is 10.6 Å². The first kappa shape index (κ1) is 28.6. The molecule has 0 bridgehead atoms. The number of rotatable bonds is 7. The number of nitrogens with one attached hydrogen (secondary N) is 2. The van der Waals surface area contributed by atoms with Gasteiger partial charge in [0.15, 0.2) is 5.75 Å². The van der Waals surface area contributed by atoms with Gasteiger partial charge >= 0.3 is 0 Å². The lowest BCUT2D eigenvalue weighted by Gasteiger charge is -2.13. The van der Waals surface area contributed by atoms with E-state index in [9.17, 15) is 24.8 Å². The number of nitro benzene ring substituents is 1. The molecule has 214 valence electrons. The van der Waals surface area contributed by atoms with E-state index >= 15 is 0 Å². The summed E-state index contributed by atoms with van der Waals surface area (Å²) in [7, 11) is 0. The lowest BCUT2D eigenvalue weighted by atomic mass is 10.00. The second-order valence-electron chi connectivity index (χ2n) is 10.1. The van der Waals surface area contributed by atoms with Gasteiger partial charge in [-0.3, -0.25) is 19.7 Å². The monoisotopic (exact) mass is 573 g/mol. The minimum Gasteiger partial charge on any atom is -0.505 e. The Kier molecular flexibility index (Phi) is 7.93. The molecule has 0 unspecified atom stereocenters. The molecule has 0 spiro atoms. The van der Waals surface area contributed by atoms with E-state index in [1.54, 1.807) is 55.5 Å². The number of carbonyl (C=O) groups excluding carboxylic acids is 2. The highest BCUT2D eigenvalue weighted by Crippen LogP contribution is 2.40. The van der Waals surface area contributed by atoms with Crippen molar-refractivity contribution in [3.8, 4) is 5.75 Å². The predicted octanol–water partition coefficient (Wildman–Crippen LogP) is 8.30. The van der Waals surface area contributed by atoms with E-state index in [0.29, 0.717) is 33.3 Å². The van der Waals surface area contributed by atoms with Crippen molar-refractivity contribution in [2.45, 2.75) is 20.8 Å². The fourth-order valence-corrected chi connectivity index (χ4v) is 4.39. The average Bonchev–Trinajstić information content (AvgIpc) is 2.99. The maximum atomic E-state index is 13.4. The molecule has 0 aliphatic carbocycles. The Morgan fingerprint density at radius 1 is 0.744 bits per heavy atom. The van der Waals surface area contributed by atoms with Crippen LogP contribution in [-0.4, -0.2) is 21.8 Å². The van der Waals surface area contributed by atoms with Crippen LogP contribution in [0.5, 0.6) is 5.75 Å². The van der Waals surface area contributed by atoms with Crippen molar-refractivity contribution >= 4 is 51.0 Å². The molecule has 3 N–H and O–H groups in total. The first-order chi connectivity index (χ1) is 20.6. The highest BCUT2D eigenvalue weighted by atomic mass is 16.6. The first-order valence-corrected chi connectivity index (χ1v) is 13.3. The lowest BCUT2D eigenvalue weighted by molar-refractivity contribution is -0.384.